The molecule has 0 bridgehead atoms. The van der Waals surface area contributed by atoms with Gasteiger partial charge in [-0.1, -0.05) is 19.8 Å². The Bertz CT molecular complexity index is 1710. The molecule has 0 spiro atoms. The topological polar surface area (TPSA) is 144 Å². The second-order valence-electron chi connectivity index (χ2n) is 8.89. The van der Waals surface area contributed by atoms with E-state index in [1.807, 2.05) is 13.8 Å². The van der Waals surface area contributed by atoms with E-state index in [2.05, 4.69) is 20.9 Å². The van der Waals surface area contributed by atoms with Gasteiger partial charge in [-0.15, -0.1) is 6.42 Å². The highest BCUT2D eigenvalue weighted by atomic mass is 19.1. The molecule has 1 saturated heterocycles. The van der Waals surface area contributed by atoms with Gasteiger partial charge in [0.1, 0.15) is 29.9 Å². The Hall–Kier alpha value is -4.18. The predicted molar refractivity (Wildman–Crippen MR) is 124 cm³/mol. The predicted octanol–water partition coefficient (Wildman–Crippen LogP) is 2.57. The number of fused-ring (bicyclic) bond motifs is 1. The fourth-order valence-corrected chi connectivity index (χ4v) is 4.61. The van der Waals surface area contributed by atoms with Crippen LogP contribution in [0.15, 0.2) is 38.6 Å². The molecule has 5 heterocycles. The lowest BCUT2D eigenvalue weighted by atomic mass is 9.87. The average molecular weight is 513 g/mol. The molecule has 5 rings (SSSR count). The van der Waals surface area contributed by atoms with Crippen molar-refractivity contribution in [3.05, 3.63) is 62.2 Å². The van der Waals surface area contributed by atoms with Gasteiger partial charge < -0.3 is 22.4 Å². The molecule has 13 heteroatoms. The fourth-order valence-electron chi connectivity index (χ4n) is 4.61. The Morgan fingerprint density at radius 3 is 2.43 bits per heavy atom. The summed E-state index contributed by atoms with van der Waals surface area (Å²) in [7, 11) is 0. The molecule has 1 aliphatic heterocycles. The minimum Gasteiger partial charge on any atom is -0.396 e. The summed E-state index contributed by atoms with van der Waals surface area (Å²) in [5.41, 5.74) is -0.254. The quantitative estimate of drug-likeness (QED) is 0.281. The number of terminal acetylenes is 1. The summed E-state index contributed by atoms with van der Waals surface area (Å²) >= 11 is 0. The summed E-state index contributed by atoms with van der Waals surface area (Å²) in [6.45, 7) is 6.63. The van der Waals surface area contributed by atoms with E-state index in [-0.39, 0.29) is 58.7 Å². The van der Waals surface area contributed by atoms with Gasteiger partial charge in [-0.3, -0.25) is 14.1 Å². The SMILES string of the molecule is C#C[C@]1(CC)O[C@@H](n2cnc3/c(=N/Cc4oc(=O)oc4C)n(Cc4oc(=O)oc4C)c(F)nc32)C[C@@H]1C. The Labute approximate surface area is 208 Å². The molecule has 1 fully saturated rings. The highest BCUT2D eigenvalue weighted by Crippen LogP contribution is 2.43. The third-order valence-electron chi connectivity index (χ3n) is 6.78. The molecule has 0 unspecified atom stereocenters. The van der Waals surface area contributed by atoms with E-state index in [9.17, 15) is 9.59 Å². The molecule has 37 heavy (non-hydrogen) atoms. The molecule has 4 aromatic rings. The summed E-state index contributed by atoms with van der Waals surface area (Å²) in [5, 5.41) is 0. The molecular formula is C24H24FN5O7. The first-order chi connectivity index (χ1) is 17.7. The van der Waals surface area contributed by atoms with Gasteiger partial charge in [-0.05, 0) is 26.7 Å². The molecule has 0 amide bonds. The van der Waals surface area contributed by atoms with Crippen molar-refractivity contribution in [1.29, 1.82) is 0 Å². The number of halogens is 1. The van der Waals surface area contributed by atoms with Gasteiger partial charge in [0.25, 0.3) is 6.08 Å². The normalized spacial score (nSPS) is 22.2. The fraction of sp³-hybridized carbons (Fsp3) is 0.458. The number of hydrogen-bond donors (Lipinski definition) is 0. The van der Waals surface area contributed by atoms with Crippen LogP contribution in [0.5, 0.6) is 0 Å². The van der Waals surface area contributed by atoms with Crippen LogP contribution in [0.4, 0.5) is 4.39 Å². The molecule has 1 aliphatic rings. The second kappa shape index (κ2) is 9.04. The molecule has 3 atom stereocenters. The zero-order valence-electron chi connectivity index (χ0n) is 20.6. The molecule has 0 saturated carbocycles. The lowest BCUT2D eigenvalue weighted by Gasteiger charge is -2.25. The highest BCUT2D eigenvalue weighted by Gasteiger charge is 2.45. The first-order valence-corrected chi connectivity index (χ1v) is 11.6. The minimum atomic E-state index is -0.925. The van der Waals surface area contributed by atoms with Crippen molar-refractivity contribution in [2.45, 2.75) is 65.5 Å². The molecule has 0 radical (unpaired) electrons. The van der Waals surface area contributed by atoms with E-state index < -0.39 is 29.6 Å². The van der Waals surface area contributed by atoms with Crippen molar-refractivity contribution in [2.24, 2.45) is 10.9 Å². The number of hydrogen-bond acceptors (Lipinski definition) is 10. The summed E-state index contributed by atoms with van der Waals surface area (Å²) in [4.78, 5) is 36.1. The maximum atomic E-state index is 15.6. The highest BCUT2D eigenvalue weighted by molar-refractivity contribution is 5.69. The van der Waals surface area contributed by atoms with Crippen LogP contribution in [0.2, 0.25) is 0 Å². The van der Waals surface area contributed by atoms with Gasteiger partial charge in [0.2, 0.25) is 0 Å². The molecular weight excluding hydrogens is 489 g/mol. The van der Waals surface area contributed by atoms with Crippen LogP contribution in [-0.4, -0.2) is 24.7 Å². The number of nitrogens with zero attached hydrogens (tertiary/aromatic N) is 5. The zero-order valence-corrected chi connectivity index (χ0v) is 20.6. The third kappa shape index (κ3) is 4.13. The number of aromatic nitrogens is 4. The van der Waals surface area contributed by atoms with Crippen LogP contribution in [0.3, 0.4) is 0 Å². The van der Waals surface area contributed by atoms with Crippen molar-refractivity contribution >= 4 is 11.2 Å². The summed E-state index contributed by atoms with van der Waals surface area (Å²) in [6.07, 6.45) is 7.03. The number of aryl methyl sites for hydroxylation is 2. The monoisotopic (exact) mass is 513 g/mol. The zero-order chi connectivity index (χ0) is 26.5. The summed E-state index contributed by atoms with van der Waals surface area (Å²) < 4.78 is 44.4. The maximum Gasteiger partial charge on any atom is 0.519 e. The van der Waals surface area contributed by atoms with Crippen LogP contribution in [0, 0.1) is 38.2 Å². The Balaban J connectivity index is 1.66. The molecule has 194 valence electrons. The van der Waals surface area contributed by atoms with Crippen molar-refractivity contribution in [1.82, 2.24) is 19.1 Å². The lowest BCUT2D eigenvalue weighted by molar-refractivity contribution is -0.0465. The van der Waals surface area contributed by atoms with Gasteiger partial charge in [0.05, 0.1) is 12.9 Å². The van der Waals surface area contributed by atoms with Crippen molar-refractivity contribution in [2.75, 3.05) is 0 Å². The Kier molecular flexibility index (Phi) is 5.99. The lowest BCUT2D eigenvalue weighted by Crippen LogP contribution is -2.31. The van der Waals surface area contributed by atoms with Crippen molar-refractivity contribution in [3.8, 4) is 12.3 Å². The smallest absolute Gasteiger partial charge is 0.396 e. The molecule has 0 aliphatic carbocycles. The largest absolute Gasteiger partial charge is 0.519 e. The summed E-state index contributed by atoms with van der Waals surface area (Å²) in [5.74, 6) is 1.71. The molecule has 4 aromatic heterocycles. The van der Waals surface area contributed by atoms with Crippen LogP contribution in [0.1, 0.15) is 56.0 Å². The molecule has 0 N–H and O–H groups in total. The first-order valence-electron chi connectivity index (χ1n) is 11.6. The Morgan fingerprint density at radius 2 is 1.86 bits per heavy atom. The van der Waals surface area contributed by atoms with Gasteiger partial charge in [0.15, 0.2) is 28.2 Å². The number of imidazole rings is 1. The average Bonchev–Trinajstić information content (AvgIpc) is 3.59. The van der Waals surface area contributed by atoms with Crippen LogP contribution in [0.25, 0.3) is 11.2 Å². The minimum absolute atomic E-state index is 0.0477. The van der Waals surface area contributed by atoms with Gasteiger partial charge in [-0.2, -0.15) is 9.37 Å². The van der Waals surface area contributed by atoms with Gasteiger partial charge in [-0.25, -0.2) is 14.6 Å². The van der Waals surface area contributed by atoms with Gasteiger partial charge >= 0.3 is 11.6 Å². The standard InChI is InChI=1S/C24H24FN5O7/c1-6-24(7-2)12(3)8-17(37-24)30-11-27-18-19(26-9-15-13(4)33-22(31)35-15)29(21(25)28-20(18)30)10-16-14(5)34-23(32)36-16/h1,11-12,17H,7-10H2,2-5H3/b26-19-/t12-,17+,24+/m0/s1. The van der Waals surface area contributed by atoms with E-state index in [4.69, 9.17) is 28.8 Å². The van der Waals surface area contributed by atoms with E-state index in [0.29, 0.717) is 12.8 Å². The maximum absolute atomic E-state index is 15.6. The van der Waals surface area contributed by atoms with Crippen LogP contribution in [-0.2, 0) is 17.8 Å². The van der Waals surface area contributed by atoms with Crippen LogP contribution >= 0.6 is 0 Å². The van der Waals surface area contributed by atoms with Gasteiger partial charge in [0, 0.05) is 5.92 Å². The number of ether oxygens (including phenoxy) is 1. The van der Waals surface area contributed by atoms with Crippen LogP contribution < -0.4 is 17.1 Å². The molecule has 0 aromatic carbocycles. The van der Waals surface area contributed by atoms with E-state index in [1.165, 1.54) is 13.3 Å². The van der Waals surface area contributed by atoms with E-state index >= 15 is 4.39 Å². The number of rotatable bonds is 6. The van der Waals surface area contributed by atoms with E-state index in [1.54, 1.807) is 11.5 Å². The first kappa shape index (κ1) is 24.5. The molecule has 12 nitrogen and oxygen atoms in total. The van der Waals surface area contributed by atoms with E-state index in [0.717, 1.165) is 4.57 Å². The van der Waals surface area contributed by atoms with Crippen molar-refractivity contribution < 1.29 is 26.8 Å². The third-order valence-corrected chi connectivity index (χ3v) is 6.78. The van der Waals surface area contributed by atoms with Crippen molar-refractivity contribution in [3.63, 3.8) is 0 Å². The second-order valence-corrected chi connectivity index (χ2v) is 8.89. The summed E-state index contributed by atoms with van der Waals surface area (Å²) in [6, 6.07) is 0. The Morgan fingerprint density at radius 1 is 1.19 bits per heavy atom.